The molecule has 1 unspecified atom stereocenters. The molecule has 0 aliphatic carbocycles. The van der Waals surface area contributed by atoms with Gasteiger partial charge in [0.05, 0.1) is 7.11 Å². The Balaban J connectivity index is 2.80. The summed E-state index contributed by atoms with van der Waals surface area (Å²) in [4.78, 5) is 40.2. The molecule has 1 atom stereocenters. The number of ether oxygens (including phenoxy) is 2. The van der Waals surface area contributed by atoms with E-state index in [1.807, 2.05) is 0 Å². The highest BCUT2D eigenvalue weighted by molar-refractivity contribution is 6.03. The molecule has 0 aromatic heterocycles. The van der Waals surface area contributed by atoms with Gasteiger partial charge in [0.25, 0.3) is 0 Å². The fraction of sp³-hybridized carbons (Fsp3) is 0.765. The van der Waals surface area contributed by atoms with E-state index in [1.165, 1.54) is 7.11 Å². The van der Waals surface area contributed by atoms with Gasteiger partial charge in [-0.1, -0.05) is 25.7 Å². The molecule has 9 nitrogen and oxygen atoms in total. The number of nitrogens with zero attached hydrogens (tertiary/aromatic N) is 1. The van der Waals surface area contributed by atoms with Crippen molar-refractivity contribution in [1.82, 2.24) is 16.0 Å². The van der Waals surface area contributed by atoms with Crippen LogP contribution in [0.5, 0.6) is 0 Å². The SMILES string of the molecule is COC(=O)C1CCCCCCCN=C(NC(=O)OC(C)(C)C)NC(=O)N1. The van der Waals surface area contributed by atoms with Gasteiger partial charge in [0.2, 0.25) is 5.96 Å². The molecule has 26 heavy (non-hydrogen) atoms. The summed E-state index contributed by atoms with van der Waals surface area (Å²) in [5.41, 5.74) is -0.674. The number of carbonyl (C=O) groups excluding carboxylic acids is 3. The molecule has 3 N–H and O–H groups in total. The number of guanidine groups is 1. The summed E-state index contributed by atoms with van der Waals surface area (Å²) in [5.74, 6) is -0.520. The van der Waals surface area contributed by atoms with E-state index in [0.717, 1.165) is 32.1 Å². The van der Waals surface area contributed by atoms with Crippen LogP contribution in [0, 0.1) is 0 Å². The zero-order valence-corrected chi connectivity index (χ0v) is 16.0. The third kappa shape index (κ3) is 9.24. The standard InChI is InChI=1S/C17H30N4O5/c1-17(2,3)26-16(24)21-14-18-11-9-7-5-6-8-10-12(13(22)25-4)19-15(23)20-14/h12H,5-11H2,1-4H3,(H3,18,19,20,21,23,24). The average Bonchev–Trinajstić information content (AvgIpc) is 2.54. The molecule has 0 radical (unpaired) electrons. The molecule has 9 heteroatoms. The number of esters is 1. The van der Waals surface area contributed by atoms with Crippen molar-refractivity contribution in [3.8, 4) is 0 Å². The molecule has 1 heterocycles. The lowest BCUT2D eigenvalue weighted by Crippen LogP contribution is -2.52. The van der Waals surface area contributed by atoms with Gasteiger partial charge in [0.1, 0.15) is 11.6 Å². The van der Waals surface area contributed by atoms with Gasteiger partial charge >= 0.3 is 18.1 Å². The molecular formula is C17H30N4O5. The second-order valence-corrected chi connectivity index (χ2v) is 7.09. The fourth-order valence-electron chi connectivity index (χ4n) is 2.39. The van der Waals surface area contributed by atoms with Crippen molar-refractivity contribution < 1.29 is 23.9 Å². The Morgan fingerprint density at radius 3 is 2.46 bits per heavy atom. The van der Waals surface area contributed by atoms with E-state index >= 15 is 0 Å². The van der Waals surface area contributed by atoms with Gasteiger partial charge in [-0.05, 0) is 33.6 Å². The summed E-state index contributed by atoms with van der Waals surface area (Å²) in [5, 5.41) is 7.45. The first-order chi connectivity index (χ1) is 12.2. The number of amides is 3. The lowest BCUT2D eigenvalue weighted by molar-refractivity contribution is -0.143. The minimum atomic E-state index is -0.747. The molecule has 0 aromatic rings. The van der Waals surface area contributed by atoms with E-state index in [-0.39, 0.29) is 5.96 Å². The number of hydrogen-bond donors (Lipinski definition) is 3. The summed E-state index contributed by atoms with van der Waals surface area (Å²) < 4.78 is 9.90. The van der Waals surface area contributed by atoms with Crippen LogP contribution < -0.4 is 16.0 Å². The Kier molecular flexibility index (Phi) is 8.87. The monoisotopic (exact) mass is 370 g/mol. The van der Waals surface area contributed by atoms with Crippen LogP contribution in [-0.4, -0.2) is 49.4 Å². The Morgan fingerprint density at radius 1 is 1.15 bits per heavy atom. The molecule has 0 spiro atoms. The summed E-state index contributed by atoms with van der Waals surface area (Å²) in [6.07, 6.45) is 4.38. The lowest BCUT2D eigenvalue weighted by atomic mass is 10.1. The van der Waals surface area contributed by atoms with Gasteiger partial charge in [0.15, 0.2) is 0 Å². The van der Waals surface area contributed by atoms with Crippen LogP contribution in [0.1, 0.15) is 59.3 Å². The first kappa shape index (κ1) is 21.7. The minimum absolute atomic E-state index is 0.0142. The van der Waals surface area contributed by atoms with Crippen molar-refractivity contribution in [2.45, 2.75) is 70.9 Å². The maximum absolute atomic E-state index is 12.2. The Hall–Kier alpha value is -2.32. The topological polar surface area (TPSA) is 118 Å². The largest absolute Gasteiger partial charge is 0.467 e. The van der Waals surface area contributed by atoms with Crippen molar-refractivity contribution in [1.29, 1.82) is 0 Å². The maximum atomic E-state index is 12.2. The molecular weight excluding hydrogens is 340 g/mol. The van der Waals surface area contributed by atoms with E-state index in [4.69, 9.17) is 9.47 Å². The molecule has 0 saturated carbocycles. The van der Waals surface area contributed by atoms with Gasteiger partial charge in [0, 0.05) is 6.54 Å². The Morgan fingerprint density at radius 2 is 1.81 bits per heavy atom. The smallest absolute Gasteiger partial charge is 0.414 e. The zero-order chi connectivity index (χ0) is 19.6. The summed E-state index contributed by atoms with van der Waals surface area (Å²) in [6, 6.07) is -1.39. The van der Waals surface area contributed by atoms with Crippen molar-refractivity contribution in [2.24, 2.45) is 4.99 Å². The number of hydrogen-bond acceptors (Lipinski definition) is 6. The third-order valence-corrected chi connectivity index (χ3v) is 3.56. The van der Waals surface area contributed by atoms with Gasteiger partial charge in [-0.2, -0.15) is 0 Å². The molecule has 0 fully saturated rings. The van der Waals surface area contributed by atoms with E-state index in [2.05, 4.69) is 20.9 Å². The molecule has 1 rings (SSSR count). The predicted molar refractivity (Wildman–Crippen MR) is 96.8 cm³/mol. The van der Waals surface area contributed by atoms with Gasteiger partial charge < -0.3 is 14.8 Å². The van der Waals surface area contributed by atoms with Gasteiger partial charge in [-0.3, -0.25) is 15.6 Å². The van der Waals surface area contributed by atoms with E-state index in [0.29, 0.717) is 13.0 Å². The number of rotatable bonds is 1. The quantitative estimate of drug-likeness (QED) is 0.611. The van der Waals surface area contributed by atoms with Crippen molar-refractivity contribution in [3.05, 3.63) is 0 Å². The first-order valence-electron chi connectivity index (χ1n) is 8.91. The molecule has 0 aromatic carbocycles. The number of carbonyl (C=O) groups is 3. The summed E-state index contributed by atoms with van der Waals surface area (Å²) >= 11 is 0. The highest BCUT2D eigenvalue weighted by Gasteiger charge is 2.23. The highest BCUT2D eigenvalue weighted by atomic mass is 16.6. The van der Waals surface area contributed by atoms with Crippen LogP contribution in [0.2, 0.25) is 0 Å². The lowest BCUT2D eigenvalue weighted by Gasteiger charge is -2.21. The predicted octanol–water partition coefficient (Wildman–Crippen LogP) is 2.06. The number of methoxy groups -OCH3 is 1. The molecule has 3 amide bonds. The fourth-order valence-corrected chi connectivity index (χ4v) is 2.39. The van der Waals surface area contributed by atoms with Crippen LogP contribution in [-0.2, 0) is 14.3 Å². The Bertz CT molecular complexity index is 528. The van der Waals surface area contributed by atoms with Crippen LogP contribution >= 0.6 is 0 Å². The number of nitrogens with one attached hydrogen (secondary N) is 3. The number of alkyl carbamates (subject to hydrolysis) is 1. The molecule has 1 aliphatic rings. The second-order valence-electron chi connectivity index (χ2n) is 7.09. The van der Waals surface area contributed by atoms with Crippen molar-refractivity contribution >= 4 is 24.1 Å². The van der Waals surface area contributed by atoms with Crippen LogP contribution in [0.3, 0.4) is 0 Å². The average molecular weight is 370 g/mol. The molecule has 1 aliphatic heterocycles. The molecule has 0 bridgehead atoms. The summed E-state index contributed by atoms with van der Waals surface area (Å²) in [6.45, 7) is 5.67. The van der Waals surface area contributed by atoms with E-state index in [9.17, 15) is 14.4 Å². The minimum Gasteiger partial charge on any atom is -0.467 e. The van der Waals surface area contributed by atoms with E-state index in [1.54, 1.807) is 20.8 Å². The summed E-state index contributed by atoms with van der Waals surface area (Å²) in [7, 11) is 1.28. The van der Waals surface area contributed by atoms with Gasteiger partial charge in [-0.15, -0.1) is 0 Å². The van der Waals surface area contributed by atoms with Crippen molar-refractivity contribution in [2.75, 3.05) is 13.7 Å². The second kappa shape index (κ2) is 10.6. The maximum Gasteiger partial charge on any atom is 0.414 e. The normalized spacial score (nSPS) is 20.1. The Labute approximate surface area is 154 Å². The van der Waals surface area contributed by atoms with Crippen LogP contribution in [0.25, 0.3) is 0 Å². The highest BCUT2D eigenvalue weighted by Crippen LogP contribution is 2.09. The van der Waals surface area contributed by atoms with Crippen LogP contribution in [0.15, 0.2) is 4.99 Å². The third-order valence-electron chi connectivity index (χ3n) is 3.56. The van der Waals surface area contributed by atoms with Crippen LogP contribution in [0.4, 0.5) is 9.59 Å². The first-order valence-corrected chi connectivity index (χ1v) is 8.91. The number of aliphatic imine (C=N–C) groups is 1. The number of urea groups is 1. The van der Waals surface area contributed by atoms with Crippen molar-refractivity contribution in [3.63, 3.8) is 0 Å². The van der Waals surface area contributed by atoms with E-state index < -0.39 is 29.7 Å². The van der Waals surface area contributed by atoms with Gasteiger partial charge in [-0.25, -0.2) is 14.4 Å². The molecule has 0 saturated heterocycles. The zero-order valence-electron chi connectivity index (χ0n) is 16.0. The molecule has 148 valence electrons.